The molecule has 4 aromatic rings. The van der Waals surface area contributed by atoms with E-state index in [1.807, 2.05) is 0 Å². The Bertz CT molecular complexity index is 1390. The molecular weight excluding hydrogens is 528 g/mol. The molecule has 0 saturated carbocycles. The van der Waals surface area contributed by atoms with Crippen LogP contribution in [0.5, 0.6) is 0 Å². The Labute approximate surface area is 231 Å². The van der Waals surface area contributed by atoms with Crippen molar-refractivity contribution in [1.82, 2.24) is 0 Å². The molecule has 4 aromatic carbocycles. The first-order valence-electron chi connectivity index (χ1n) is 12.9. The first kappa shape index (κ1) is 23.8. The van der Waals surface area contributed by atoms with Crippen LogP contribution in [-0.2, 0) is 34.7 Å². The fraction of sp³-hybridized carbons (Fsp3) is 0.176. The summed E-state index contributed by atoms with van der Waals surface area (Å²) in [5.41, 5.74) is 11.3. The molecule has 0 spiro atoms. The van der Waals surface area contributed by atoms with Crippen LogP contribution < -0.4 is 0 Å². The van der Waals surface area contributed by atoms with Gasteiger partial charge in [-0.15, -0.1) is 0 Å². The summed E-state index contributed by atoms with van der Waals surface area (Å²) in [5, 5.41) is 0. The average molecular weight is 559 g/mol. The van der Waals surface area contributed by atoms with Gasteiger partial charge in [0.1, 0.15) is 0 Å². The molecule has 0 fully saturated rings. The van der Waals surface area contributed by atoms with E-state index in [0.29, 0.717) is 0 Å². The van der Waals surface area contributed by atoms with Crippen molar-refractivity contribution in [2.45, 2.75) is 36.8 Å². The van der Waals surface area contributed by atoms with Gasteiger partial charge in [0.25, 0.3) is 0 Å². The molecule has 2 atom stereocenters. The number of aryl methyl sites for hydroxylation is 2. The Morgan fingerprint density at radius 2 is 1.03 bits per heavy atom. The van der Waals surface area contributed by atoms with E-state index in [1.165, 1.54) is 56.6 Å². The molecule has 0 N–H and O–H groups in total. The second kappa shape index (κ2) is 9.40. The standard InChI is InChI=1S/C34H31Si.Zr/c1-25-9-7-13-29(21-25)33(19-17-27-11-3-5-15-31(27)33)23-35-24-34(30-14-8-10-26(2)22-30)20-18-28-12-4-6-16-32(28)34;/h3-22,35H,23-24H2,1-2H3;. The molecule has 6 rings (SSSR count). The van der Waals surface area contributed by atoms with Crippen molar-refractivity contribution < 1.29 is 23.9 Å². The van der Waals surface area contributed by atoms with Gasteiger partial charge in [0.2, 0.25) is 0 Å². The monoisotopic (exact) mass is 557 g/mol. The summed E-state index contributed by atoms with van der Waals surface area (Å²) in [4.78, 5) is 0. The number of rotatable bonds is 6. The van der Waals surface area contributed by atoms with Crippen LogP contribution in [0.4, 0.5) is 0 Å². The predicted molar refractivity (Wildman–Crippen MR) is 152 cm³/mol. The third-order valence-corrected chi connectivity index (χ3v) is 13.5. The van der Waals surface area contributed by atoms with E-state index in [0.717, 1.165) is 0 Å². The van der Waals surface area contributed by atoms with Gasteiger partial charge in [0.05, 0.1) is 0 Å². The second-order valence-electron chi connectivity index (χ2n) is 10.6. The molecule has 0 aromatic heterocycles. The Kier molecular flexibility index (Phi) is 6.22. The normalized spacial score (nSPS) is 22.4. The maximum absolute atomic E-state index is 2.52. The van der Waals surface area contributed by atoms with Crippen LogP contribution in [0.1, 0.15) is 44.5 Å². The third-order valence-electron chi connectivity index (χ3n) is 8.18. The van der Waals surface area contributed by atoms with Crippen LogP contribution in [0.3, 0.4) is 0 Å². The van der Waals surface area contributed by atoms with Gasteiger partial charge < -0.3 is 0 Å². The van der Waals surface area contributed by atoms with Gasteiger partial charge in [-0.1, -0.05) is 0 Å². The molecule has 0 heterocycles. The molecule has 0 amide bonds. The summed E-state index contributed by atoms with van der Waals surface area (Å²) in [6.45, 7) is 4.45. The molecule has 36 heavy (non-hydrogen) atoms. The molecule has 0 radical (unpaired) electrons. The van der Waals surface area contributed by atoms with Crippen molar-refractivity contribution >= 4 is 18.1 Å². The third kappa shape index (κ3) is 4.00. The summed E-state index contributed by atoms with van der Waals surface area (Å²) in [5.74, 6) is -1.14. The predicted octanol–water partition coefficient (Wildman–Crippen LogP) is 7.90. The number of allylic oxidation sites excluding steroid dienone is 2. The first-order valence-corrected chi connectivity index (χ1v) is 19.4. The summed E-state index contributed by atoms with van der Waals surface area (Å²) in [6.07, 6.45) is 9.79. The summed E-state index contributed by atoms with van der Waals surface area (Å²) in [6, 6.07) is 39.1. The number of benzene rings is 4. The van der Waals surface area contributed by atoms with Crippen molar-refractivity contribution in [3.63, 3.8) is 0 Å². The van der Waals surface area contributed by atoms with Gasteiger partial charge in [0, 0.05) is 0 Å². The summed E-state index contributed by atoms with van der Waals surface area (Å²) in [7, 11) is 0. The Hall–Kier alpha value is -2.54. The fourth-order valence-corrected chi connectivity index (χ4v) is 14.2. The van der Waals surface area contributed by atoms with E-state index in [-0.39, 0.29) is 10.8 Å². The van der Waals surface area contributed by atoms with Gasteiger partial charge in [-0.25, -0.2) is 0 Å². The second-order valence-corrected chi connectivity index (χ2v) is 18.9. The quantitative estimate of drug-likeness (QED) is 0.211. The van der Waals surface area contributed by atoms with Gasteiger partial charge in [-0.3, -0.25) is 0 Å². The topological polar surface area (TPSA) is 0 Å². The molecule has 0 nitrogen and oxygen atoms in total. The minimum atomic E-state index is -1.14. The van der Waals surface area contributed by atoms with Gasteiger partial charge in [0.15, 0.2) is 0 Å². The molecule has 0 saturated heterocycles. The summed E-state index contributed by atoms with van der Waals surface area (Å²) >= 11 is 1.74. The van der Waals surface area contributed by atoms with Crippen LogP contribution >= 0.6 is 0 Å². The van der Waals surface area contributed by atoms with Crippen LogP contribution in [0.2, 0.25) is 12.1 Å². The van der Waals surface area contributed by atoms with Gasteiger partial charge in [-0.05, 0) is 0 Å². The van der Waals surface area contributed by atoms with Gasteiger partial charge in [-0.2, -0.15) is 0 Å². The molecule has 2 heteroatoms. The van der Waals surface area contributed by atoms with E-state index in [4.69, 9.17) is 0 Å². The SMILES string of the molecule is Cc1cccc(C2(C[SiH]([Zr])CC3(c4cccc(C)c4)C=Cc4ccccc43)C=Cc3ccccc32)c1. The zero-order valence-electron chi connectivity index (χ0n) is 21.0. The molecule has 0 bridgehead atoms. The van der Waals surface area contributed by atoms with E-state index in [2.05, 4.69) is 135 Å². The maximum atomic E-state index is 2.52. The van der Waals surface area contributed by atoms with Crippen molar-refractivity contribution in [1.29, 1.82) is 0 Å². The van der Waals surface area contributed by atoms with Crippen molar-refractivity contribution in [3.05, 3.63) is 154 Å². The average Bonchev–Trinajstić information content (AvgIpc) is 3.45. The summed E-state index contributed by atoms with van der Waals surface area (Å²) < 4.78 is 0. The van der Waals surface area contributed by atoms with E-state index >= 15 is 0 Å². The minimum absolute atomic E-state index is 0.0153. The Morgan fingerprint density at radius 3 is 1.47 bits per heavy atom. The van der Waals surface area contributed by atoms with Crippen molar-refractivity contribution in [2.75, 3.05) is 0 Å². The number of hydrogen-bond donors (Lipinski definition) is 0. The number of hydrogen-bond acceptors (Lipinski definition) is 0. The molecule has 0 aliphatic heterocycles. The zero-order chi connectivity index (χ0) is 24.8. The van der Waals surface area contributed by atoms with E-state index in [1.54, 1.807) is 23.9 Å². The fourth-order valence-electron chi connectivity index (χ4n) is 6.53. The van der Waals surface area contributed by atoms with E-state index in [9.17, 15) is 0 Å². The first-order chi connectivity index (χ1) is 17.5. The number of fused-ring (bicyclic) bond motifs is 2. The molecule has 2 aliphatic carbocycles. The Morgan fingerprint density at radius 1 is 0.583 bits per heavy atom. The van der Waals surface area contributed by atoms with E-state index < -0.39 is 5.92 Å². The van der Waals surface area contributed by atoms with Crippen molar-refractivity contribution in [3.8, 4) is 0 Å². The molecule has 175 valence electrons. The van der Waals surface area contributed by atoms with Crippen LogP contribution in [0.25, 0.3) is 12.2 Å². The molecular formula is C34H31SiZr. The molecule has 2 unspecified atom stereocenters. The molecule has 2 aliphatic rings. The van der Waals surface area contributed by atoms with Crippen LogP contribution in [-0.4, -0.2) is 5.92 Å². The van der Waals surface area contributed by atoms with Crippen LogP contribution in [0.15, 0.2) is 109 Å². The van der Waals surface area contributed by atoms with Gasteiger partial charge >= 0.3 is 232 Å². The Balaban J connectivity index is 1.43. The zero-order valence-corrected chi connectivity index (χ0v) is 24.7. The van der Waals surface area contributed by atoms with Crippen LogP contribution in [0, 0.1) is 13.8 Å². The van der Waals surface area contributed by atoms with Crippen molar-refractivity contribution in [2.24, 2.45) is 0 Å².